The number of hydrogen-bond acceptors (Lipinski definition) is 6. The van der Waals surface area contributed by atoms with E-state index in [0.29, 0.717) is 10.8 Å². The fraction of sp³-hybridized carbons (Fsp3) is 0.273. The first-order valence-corrected chi connectivity index (χ1v) is 10.6. The number of hydrogen-bond donors (Lipinski definition) is 1. The summed E-state index contributed by atoms with van der Waals surface area (Å²) in [6.07, 6.45) is 11.1. The van der Waals surface area contributed by atoms with E-state index < -0.39 is 0 Å². The number of fused-ring (bicyclic) bond motifs is 1. The minimum absolute atomic E-state index is 0.345. The SMILES string of the molecule is O=C1NC(=O)/C(=C/c2ccc(-c3cc(C4CCCCC4)c4ocnc4c3)nc2)S1. The predicted octanol–water partition coefficient (Wildman–Crippen LogP) is 5.26. The van der Waals surface area contributed by atoms with Gasteiger partial charge in [-0.15, -0.1) is 0 Å². The van der Waals surface area contributed by atoms with E-state index in [4.69, 9.17) is 4.42 Å². The van der Waals surface area contributed by atoms with Crippen molar-refractivity contribution in [1.82, 2.24) is 15.3 Å². The Morgan fingerprint density at radius 3 is 2.69 bits per heavy atom. The first kappa shape index (κ1) is 18.1. The highest BCUT2D eigenvalue weighted by atomic mass is 32.2. The summed E-state index contributed by atoms with van der Waals surface area (Å²) in [5, 5.41) is 1.91. The van der Waals surface area contributed by atoms with Crippen molar-refractivity contribution in [2.24, 2.45) is 0 Å². The summed E-state index contributed by atoms with van der Waals surface area (Å²) in [4.78, 5) is 32.4. The van der Waals surface area contributed by atoms with Crippen LogP contribution in [-0.4, -0.2) is 21.1 Å². The molecular weight excluding hydrogens is 386 g/mol. The molecule has 146 valence electrons. The molecule has 7 heteroatoms. The van der Waals surface area contributed by atoms with Gasteiger partial charge in [-0.05, 0) is 60.4 Å². The number of pyridine rings is 1. The van der Waals surface area contributed by atoms with Crippen molar-refractivity contribution in [3.63, 3.8) is 0 Å². The highest BCUT2D eigenvalue weighted by Gasteiger charge is 2.25. The number of nitrogens with zero attached hydrogens (tertiary/aromatic N) is 2. The van der Waals surface area contributed by atoms with Crippen LogP contribution in [0.4, 0.5) is 4.79 Å². The summed E-state index contributed by atoms with van der Waals surface area (Å²) in [5.74, 6) is 0.135. The zero-order chi connectivity index (χ0) is 19.8. The lowest BCUT2D eigenvalue weighted by molar-refractivity contribution is -0.115. The molecule has 2 aromatic heterocycles. The third-order valence-corrected chi connectivity index (χ3v) is 6.34. The van der Waals surface area contributed by atoms with Gasteiger partial charge < -0.3 is 4.42 Å². The highest BCUT2D eigenvalue weighted by molar-refractivity contribution is 8.18. The molecule has 0 spiro atoms. The van der Waals surface area contributed by atoms with E-state index in [1.807, 2.05) is 18.2 Å². The number of thioether (sulfide) groups is 1. The van der Waals surface area contributed by atoms with E-state index in [0.717, 1.165) is 39.7 Å². The van der Waals surface area contributed by atoms with Crippen molar-refractivity contribution in [1.29, 1.82) is 0 Å². The molecule has 2 amide bonds. The Labute approximate surface area is 171 Å². The zero-order valence-electron chi connectivity index (χ0n) is 15.7. The van der Waals surface area contributed by atoms with Crippen molar-refractivity contribution in [2.75, 3.05) is 0 Å². The van der Waals surface area contributed by atoms with Gasteiger partial charge in [0, 0.05) is 17.3 Å². The summed E-state index contributed by atoms with van der Waals surface area (Å²) in [6.45, 7) is 0. The minimum atomic E-state index is -0.363. The second-order valence-electron chi connectivity index (χ2n) is 7.43. The van der Waals surface area contributed by atoms with Crippen LogP contribution in [0.5, 0.6) is 0 Å². The van der Waals surface area contributed by atoms with Gasteiger partial charge in [-0.2, -0.15) is 0 Å². The molecule has 0 atom stereocenters. The number of carbonyl (C=O) groups excluding carboxylic acids is 2. The third-order valence-electron chi connectivity index (χ3n) is 5.53. The quantitative estimate of drug-likeness (QED) is 0.598. The summed E-state index contributed by atoms with van der Waals surface area (Å²) in [7, 11) is 0. The van der Waals surface area contributed by atoms with Gasteiger partial charge in [0.1, 0.15) is 5.52 Å². The molecule has 3 heterocycles. The zero-order valence-corrected chi connectivity index (χ0v) is 16.5. The number of imide groups is 1. The molecule has 0 radical (unpaired) electrons. The number of benzene rings is 1. The van der Waals surface area contributed by atoms with Gasteiger partial charge in [0.2, 0.25) is 0 Å². The fourth-order valence-corrected chi connectivity index (χ4v) is 4.78. The van der Waals surface area contributed by atoms with E-state index >= 15 is 0 Å². The van der Waals surface area contributed by atoms with Crippen LogP contribution in [0.2, 0.25) is 0 Å². The standard InChI is InChI=1S/C22H19N3O3S/c26-21-19(29-22(27)25-21)8-13-6-7-17(23-11-13)15-9-16(14-4-2-1-3-5-14)20-18(10-15)24-12-28-20/h6-12,14H,1-5H2,(H,25,26,27)/b19-8-. The summed E-state index contributed by atoms with van der Waals surface area (Å²) >= 11 is 0.904. The number of oxazole rings is 1. The Hall–Kier alpha value is -2.93. The molecule has 3 aromatic rings. The van der Waals surface area contributed by atoms with Crippen molar-refractivity contribution in [3.05, 3.63) is 52.9 Å². The fourth-order valence-electron chi connectivity index (χ4n) is 4.09. The van der Waals surface area contributed by atoms with Gasteiger partial charge in [0.05, 0.1) is 10.6 Å². The van der Waals surface area contributed by atoms with Gasteiger partial charge in [-0.1, -0.05) is 25.3 Å². The molecule has 0 unspecified atom stereocenters. The molecule has 1 saturated heterocycles. The van der Waals surface area contributed by atoms with Crippen molar-refractivity contribution >= 4 is 40.1 Å². The average Bonchev–Trinajstić information content (AvgIpc) is 3.34. The molecule has 1 aliphatic heterocycles. The van der Waals surface area contributed by atoms with E-state index in [9.17, 15) is 9.59 Å². The maximum absolute atomic E-state index is 11.7. The second-order valence-corrected chi connectivity index (χ2v) is 8.44. The predicted molar refractivity (Wildman–Crippen MR) is 112 cm³/mol. The lowest BCUT2D eigenvalue weighted by Gasteiger charge is -2.22. The van der Waals surface area contributed by atoms with Crippen LogP contribution in [0.1, 0.15) is 49.1 Å². The van der Waals surface area contributed by atoms with Gasteiger partial charge in [-0.25, -0.2) is 4.98 Å². The van der Waals surface area contributed by atoms with Crippen LogP contribution in [-0.2, 0) is 4.79 Å². The van der Waals surface area contributed by atoms with Crippen LogP contribution in [0.3, 0.4) is 0 Å². The lowest BCUT2D eigenvalue weighted by atomic mass is 9.83. The van der Waals surface area contributed by atoms with Gasteiger partial charge in [0.15, 0.2) is 12.0 Å². The number of rotatable bonds is 3. The highest BCUT2D eigenvalue weighted by Crippen LogP contribution is 2.38. The minimum Gasteiger partial charge on any atom is -0.443 e. The largest absolute Gasteiger partial charge is 0.443 e. The van der Waals surface area contributed by atoms with E-state index in [2.05, 4.69) is 21.4 Å². The van der Waals surface area contributed by atoms with Gasteiger partial charge in [0.25, 0.3) is 11.1 Å². The Bertz CT molecular complexity index is 1130. The molecule has 6 nitrogen and oxygen atoms in total. The topological polar surface area (TPSA) is 85.1 Å². The van der Waals surface area contributed by atoms with Crippen molar-refractivity contribution < 1.29 is 14.0 Å². The molecule has 5 rings (SSSR count). The third kappa shape index (κ3) is 3.58. The van der Waals surface area contributed by atoms with E-state index in [1.165, 1.54) is 44.1 Å². The van der Waals surface area contributed by atoms with Crippen LogP contribution in [0, 0.1) is 0 Å². The normalized spacial score (nSPS) is 19.2. The number of nitrogens with one attached hydrogen (secondary N) is 1. The monoisotopic (exact) mass is 405 g/mol. The molecule has 1 aromatic carbocycles. The van der Waals surface area contributed by atoms with Crippen LogP contribution in [0.15, 0.2) is 46.2 Å². The Morgan fingerprint density at radius 1 is 1.10 bits per heavy atom. The molecule has 0 bridgehead atoms. The number of amides is 2. The first-order valence-electron chi connectivity index (χ1n) is 9.76. The maximum Gasteiger partial charge on any atom is 0.290 e. The molecule has 2 fully saturated rings. The molecule has 1 aliphatic carbocycles. The Morgan fingerprint density at radius 2 is 1.97 bits per heavy atom. The summed E-state index contributed by atoms with van der Waals surface area (Å²) < 4.78 is 5.70. The van der Waals surface area contributed by atoms with Gasteiger partial charge >= 0.3 is 0 Å². The molecule has 2 aliphatic rings. The smallest absolute Gasteiger partial charge is 0.290 e. The van der Waals surface area contributed by atoms with Crippen LogP contribution >= 0.6 is 11.8 Å². The Kier molecular flexibility index (Phi) is 4.67. The second kappa shape index (κ2) is 7.48. The van der Waals surface area contributed by atoms with E-state index in [-0.39, 0.29) is 11.1 Å². The summed E-state index contributed by atoms with van der Waals surface area (Å²) in [6, 6.07) is 8.02. The number of carbonyl (C=O) groups is 2. The molecule has 29 heavy (non-hydrogen) atoms. The lowest BCUT2D eigenvalue weighted by Crippen LogP contribution is -2.17. The van der Waals surface area contributed by atoms with Crippen LogP contribution in [0.25, 0.3) is 28.4 Å². The Balaban J connectivity index is 1.48. The van der Waals surface area contributed by atoms with Crippen molar-refractivity contribution in [2.45, 2.75) is 38.0 Å². The van der Waals surface area contributed by atoms with Gasteiger partial charge in [-0.3, -0.25) is 19.9 Å². The van der Waals surface area contributed by atoms with E-state index in [1.54, 1.807) is 12.3 Å². The van der Waals surface area contributed by atoms with Crippen molar-refractivity contribution in [3.8, 4) is 11.3 Å². The summed E-state index contributed by atoms with van der Waals surface area (Å²) in [5.41, 5.74) is 5.59. The maximum atomic E-state index is 11.7. The number of aromatic nitrogens is 2. The molecule has 1 saturated carbocycles. The molecule has 1 N–H and O–H groups in total. The average molecular weight is 405 g/mol. The first-order chi connectivity index (χ1) is 14.2. The van der Waals surface area contributed by atoms with Crippen LogP contribution < -0.4 is 5.32 Å². The molecular formula is C22H19N3O3S.